The maximum atomic E-state index is 9.28. The molecule has 0 spiro atoms. The number of aliphatic hydroxyl groups excluding tert-OH is 17. The van der Waals surface area contributed by atoms with E-state index >= 15 is 0 Å². The lowest BCUT2D eigenvalue weighted by atomic mass is 10.3. The van der Waals surface area contributed by atoms with Crippen molar-refractivity contribution in [2.45, 2.75) is 54.9 Å². The molecule has 0 aliphatic heterocycles. The number of hydrogen-bond acceptors (Lipinski definition) is 22. The molecule has 5 atom stereocenters. The van der Waals surface area contributed by atoms with Gasteiger partial charge in [0.1, 0.15) is 54.9 Å². The average Bonchev–Trinajstić information content (AvgIpc) is 3.12. The summed E-state index contributed by atoms with van der Waals surface area (Å²) in [6, 6.07) is 0. The van der Waals surface area contributed by atoms with E-state index in [-0.39, 0.29) is 106 Å². The smallest absolute Gasteiger partial charge is 0.104 e. The molecule has 0 aliphatic carbocycles. The van der Waals surface area contributed by atoms with Crippen LogP contribution in [0.2, 0.25) is 0 Å². The van der Waals surface area contributed by atoms with Gasteiger partial charge < -0.3 is 110 Å². The average molecular weight is 739 g/mol. The highest BCUT2D eigenvalue weighted by molar-refractivity contribution is 4.60. The van der Waals surface area contributed by atoms with Crippen LogP contribution in [0.4, 0.5) is 0 Å². The minimum Gasteiger partial charge on any atom is -0.394 e. The lowest BCUT2D eigenvalue weighted by Gasteiger charge is -2.18. The Morgan fingerprint density at radius 3 is 0.714 bits per heavy atom. The molecule has 0 amide bonds. The van der Waals surface area contributed by atoms with Crippen LogP contribution in [0.25, 0.3) is 0 Å². The van der Waals surface area contributed by atoms with Crippen molar-refractivity contribution >= 4 is 0 Å². The molecule has 22 nitrogen and oxygen atoms in total. The van der Waals surface area contributed by atoms with E-state index in [0.29, 0.717) is 0 Å². The zero-order chi connectivity index (χ0) is 38.5. The summed E-state index contributed by atoms with van der Waals surface area (Å²) in [6.07, 6.45) is -7.68. The quantitative estimate of drug-likeness (QED) is 0.0354. The first kappa shape index (κ1) is 54.9. The molecule has 5 unspecified atom stereocenters. The van der Waals surface area contributed by atoms with Gasteiger partial charge in [0.15, 0.2) is 0 Å². The maximum absolute atomic E-state index is 9.28. The minimum atomic E-state index is -0.954. The van der Waals surface area contributed by atoms with E-state index in [1.807, 2.05) is 0 Å². The molecular weight excluding hydrogens is 676 g/mol. The Hall–Kier alpha value is -0.880. The fraction of sp³-hybridized carbons (Fsp3) is 1.00. The van der Waals surface area contributed by atoms with E-state index in [2.05, 4.69) is 0 Å². The Labute approximate surface area is 284 Å². The highest BCUT2D eigenvalue weighted by atomic mass is 16.5. The van der Waals surface area contributed by atoms with Crippen molar-refractivity contribution in [1.82, 2.24) is 0 Å². The van der Waals surface area contributed by atoms with Gasteiger partial charge in [0, 0.05) is 0 Å². The zero-order valence-electron chi connectivity index (χ0n) is 27.6. The van der Waals surface area contributed by atoms with Crippen molar-refractivity contribution in [3.05, 3.63) is 0 Å². The Bertz CT molecular complexity index is 565. The third-order valence-corrected chi connectivity index (χ3v) is 5.05. The summed E-state index contributed by atoms with van der Waals surface area (Å²) in [6.45, 7) is -4.15. The van der Waals surface area contributed by atoms with Crippen LogP contribution in [0.15, 0.2) is 0 Å². The minimum absolute atomic E-state index is 0.0342. The van der Waals surface area contributed by atoms with Crippen molar-refractivity contribution in [2.75, 3.05) is 119 Å². The van der Waals surface area contributed by atoms with Gasteiger partial charge in [-0.3, -0.25) is 0 Å². The van der Waals surface area contributed by atoms with Crippen LogP contribution >= 0.6 is 0 Å². The molecule has 0 radical (unpaired) electrons. The van der Waals surface area contributed by atoms with Gasteiger partial charge in [-0.05, 0) is 0 Å². The van der Waals surface area contributed by atoms with E-state index in [1.54, 1.807) is 0 Å². The molecule has 0 fully saturated rings. The number of hydrogen-bond donors (Lipinski definition) is 17. The second-order valence-corrected chi connectivity index (χ2v) is 9.88. The Balaban J connectivity index is -0.000000280. The first-order valence-corrected chi connectivity index (χ1v) is 15.1. The molecule has 49 heavy (non-hydrogen) atoms. The van der Waals surface area contributed by atoms with E-state index in [1.165, 1.54) is 0 Å². The molecule has 0 heterocycles. The largest absolute Gasteiger partial charge is 0.394 e. The van der Waals surface area contributed by atoms with Gasteiger partial charge >= 0.3 is 0 Å². The third-order valence-electron chi connectivity index (χ3n) is 5.05. The fourth-order valence-electron chi connectivity index (χ4n) is 2.30. The zero-order valence-corrected chi connectivity index (χ0v) is 27.6. The van der Waals surface area contributed by atoms with E-state index in [0.717, 1.165) is 0 Å². The third kappa shape index (κ3) is 41.4. The molecular formula is C27H62O22. The van der Waals surface area contributed by atoms with E-state index < -0.39 is 68.1 Å². The van der Waals surface area contributed by atoms with Crippen molar-refractivity contribution in [1.29, 1.82) is 0 Å². The first-order chi connectivity index (χ1) is 23.3. The highest BCUT2D eigenvalue weighted by Gasteiger charge is 2.13. The Morgan fingerprint density at radius 2 is 0.490 bits per heavy atom. The van der Waals surface area contributed by atoms with Gasteiger partial charge in [-0.2, -0.15) is 0 Å². The summed E-state index contributed by atoms with van der Waals surface area (Å²) in [5.74, 6) is 0. The van der Waals surface area contributed by atoms with Crippen LogP contribution in [0.5, 0.6) is 0 Å². The van der Waals surface area contributed by atoms with Crippen molar-refractivity contribution < 1.29 is 110 Å². The molecule has 0 bridgehead atoms. The van der Waals surface area contributed by atoms with E-state index in [9.17, 15) is 5.11 Å². The fourth-order valence-corrected chi connectivity index (χ4v) is 2.30. The molecule has 0 aromatic carbocycles. The summed E-state index contributed by atoms with van der Waals surface area (Å²) in [4.78, 5) is 0. The predicted octanol–water partition coefficient (Wildman–Crippen LogP) is -9.78. The number of ether oxygens (including phenoxy) is 5. The normalized spacial score (nSPS) is 14.9. The second-order valence-electron chi connectivity index (χ2n) is 9.88. The van der Waals surface area contributed by atoms with Crippen LogP contribution in [-0.2, 0) is 23.7 Å². The van der Waals surface area contributed by atoms with Gasteiger partial charge in [-0.15, -0.1) is 0 Å². The molecule has 0 aliphatic rings. The van der Waals surface area contributed by atoms with Gasteiger partial charge in [0.05, 0.1) is 119 Å². The van der Waals surface area contributed by atoms with Gasteiger partial charge in [-0.25, -0.2) is 0 Å². The molecule has 302 valence electrons. The van der Waals surface area contributed by atoms with Crippen LogP contribution in [0.1, 0.15) is 0 Å². The van der Waals surface area contributed by atoms with Crippen LogP contribution in [-0.4, -0.2) is 261 Å². The molecule has 0 aromatic heterocycles. The summed E-state index contributed by atoms with van der Waals surface area (Å²) >= 11 is 0. The molecule has 0 saturated carbocycles. The second kappa shape index (κ2) is 41.5. The van der Waals surface area contributed by atoms with Crippen molar-refractivity contribution in [2.24, 2.45) is 0 Å². The van der Waals surface area contributed by atoms with Crippen LogP contribution < -0.4 is 0 Å². The van der Waals surface area contributed by atoms with Gasteiger partial charge in [0.25, 0.3) is 0 Å². The standard InChI is InChI=1S/C9H20O7.3C6H14O5/c10-1-7(12)3-15-5-9(14)6-16-4-8(13)2-11;7-1-5(10)4-11-6(2-8)3-9;7-1-5(9)3-11-4-6(10)2-8;7-1-5(2-8)11-6(3-9)4-10/h7-14H,1-6H2;3*5-10H,1-4H2. The Morgan fingerprint density at radius 1 is 0.265 bits per heavy atom. The Kier molecular flexibility index (Phi) is 46.5. The SMILES string of the molecule is OCC(CO)OC(CO)CO.OCC(O)COC(CO)CO.OCC(O)COCC(O)CO.OCC(O)COCC(O)COCC(O)CO. The van der Waals surface area contributed by atoms with Gasteiger partial charge in [-0.1, -0.05) is 0 Å². The number of rotatable bonds is 28. The summed E-state index contributed by atoms with van der Waals surface area (Å²) in [5.41, 5.74) is 0. The first-order valence-electron chi connectivity index (χ1n) is 15.1. The van der Waals surface area contributed by atoms with Crippen molar-refractivity contribution in [3.63, 3.8) is 0 Å². The van der Waals surface area contributed by atoms with Crippen LogP contribution in [0, 0.1) is 0 Å². The predicted molar refractivity (Wildman–Crippen MR) is 165 cm³/mol. The molecule has 22 heteroatoms. The monoisotopic (exact) mass is 738 g/mol. The van der Waals surface area contributed by atoms with E-state index in [4.69, 9.17) is 105 Å². The molecule has 0 saturated heterocycles. The van der Waals surface area contributed by atoms with Crippen molar-refractivity contribution in [3.8, 4) is 0 Å². The number of aliphatic hydroxyl groups is 17. The lowest BCUT2D eigenvalue weighted by Crippen LogP contribution is -2.32. The molecule has 17 N–H and O–H groups in total. The van der Waals surface area contributed by atoms with Gasteiger partial charge in [0.2, 0.25) is 0 Å². The topological polar surface area (TPSA) is 390 Å². The lowest BCUT2D eigenvalue weighted by molar-refractivity contribution is -0.0956. The van der Waals surface area contributed by atoms with Crippen LogP contribution in [0.3, 0.4) is 0 Å². The summed E-state index contributed by atoms with van der Waals surface area (Å²) in [5, 5.41) is 146. The molecule has 0 rings (SSSR count). The highest BCUT2D eigenvalue weighted by Crippen LogP contribution is 1.97. The maximum Gasteiger partial charge on any atom is 0.104 e. The molecule has 0 aromatic rings. The summed E-state index contributed by atoms with van der Waals surface area (Å²) < 4.78 is 24.1. The summed E-state index contributed by atoms with van der Waals surface area (Å²) in [7, 11) is 0.